The Morgan fingerprint density at radius 3 is 2.71 bits per heavy atom. The van der Waals surface area contributed by atoms with Crippen LogP contribution in [0.1, 0.15) is 56.5 Å². The van der Waals surface area contributed by atoms with E-state index < -0.39 is 5.60 Å². The van der Waals surface area contributed by atoms with Crippen LogP contribution in [0.15, 0.2) is 30.5 Å². The molecule has 7 nitrogen and oxygen atoms in total. The summed E-state index contributed by atoms with van der Waals surface area (Å²) in [4.78, 5) is 20.4. The minimum Gasteiger partial charge on any atom is -0.444 e. The molecule has 0 bridgehead atoms. The van der Waals surface area contributed by atoms with Gasteiger partial charge in [0.15, 0.2) is 0 Å². The van der Waals surface area contributed by atoms with Gasteiger partial charge in [-0.25, -0.2) is 14.3 Å². The summed E-state index contributed by atoms with van der Waals surface area (Å²) in [6.45, 7) is 9.55. The molecule has 1 aromatic carbocycles. The van der Waals surface area contributed by atoms with Gasteiger partial charge in [0.05, 0.1) is 17.9 Å². The summed E-state index contributed by atoms with van der Waals surface area (Å²) >= 11 is 1.64. The number of rotatable bonds is 2. The number of fused-ring (bicyclic) bond motifs is 2. The normalized spacial score (nSPS) is 20.3. The van der Waals surface area contributed by atoms with E-state index in [1.165, 1.54) is 11.1 Å². The lowest BCUT2D eigenvalue weighted by atomic mass is 9.73. The molecule has 2 aromatic heterocycles. The number of benzene rings is 1. The molecule has 1 atom stereocenters. The number of alkyl carbamates (subject to hydrolysis) is 1. The molecule has 0 saturated carbocycles. The first-order valence-corrected chi connectivity index (χ1v) is 11.7. The number of aryl methyl sites for hydroxylation is 1. The van der Waals surface area contributed by atoms with Crippen molar-refractivity contribution in [2.75, 3.05) is 18.0 Å². The molecule has 1 N–H and O–H groups in total. The molecule has 31 heavy (non-hydrogen) atoms. The highest BCUT2D eigenvalue weighted by Crippen LogP contribution is 2.52. The van der Waals surface area contributed by atoms with E-state index in [1.807, 2.05) is 38.4 Å². The highest BCUT2D eigenvalue weighted by atomic mass is 32.1. The van der Waals surface area contributed by atoms with Gasteiger partial charge in [0.25, 0.3) is 0 Å². The fraction of sp³-hybridized carbons (Fsp3) is 0.522. The third kappa shape index (κ3) is 3.67. The van der Waals surface area contributed by atoms with Crippen LogP contribution in [0.3, 0.4) is 0 Å². The Hall–Kier alpha value is -2.61. The topological polar surface area (TPSA) is 71.8 Å². The lowest BCUT2D eigenvalue weighted by Crippen LogP contribution is -2.47. The Kier molecular flexibility index (Phi) is 4.73. The van der Waals surface area contributed by atoms with Crippen molar-refractivity contribution in [1.82, 2.24) is 19.9 Å². The third-order valence-corrected chi connectivity index (χ3v) is 7.44. The van der Waals surface area contributed by atoms with E-state index in [-0.39, 0.29) is 17.6 Å². The monoisotopic (exact) mass is 439 g/mol. The zero-order chi connectivity index (χ0) is 21.8. The maximum Gasteiger partial charge on any atom is 0.408 e. The highest BCUT2D eigenvalue weighted by Gasteiger charge is 2.48. The van der Waals surface area contributed by atoms with Crippen LogP contribution in [0.25, 0.3) is 4.96 Å². The second kappa shape index (κ2) is 7.22. The van der Waals surface area contributed by atoms with Crippen molar-refractivity contribution in [2.45, 2.75) is 58.6 Å². The molecule has 1 aliphatic carbocycles. The van der Waals surface area contributed by atoms with Crippen molar-refractivity contribution in [3.63, 3.8) is 0 Å². The molecule has 0 unspecified atom stereocenters. The van der Waals surface area contributed by atoms with Crippen LogP contribution < -0.4 is 10.2 Å². The van der Waals surface area contributed by atoms with E-state index in [0.29, 0.717) is 0 Å². The lowest BCUT2D eigenvalue weighted by Gasteiger charge is -2.43. The first-order valence-electron chi connectivity index (χ1n) is 10.9. The van der Waals surface area contributed by atoms with Crippen molar-refractivity contribution >= 4 is 27.5 Å². The zero-order valence-electron chi connectivity index (χ0n) is 18.5. The Morgan fingerprint density at radius 2 is 2.00 bits per heavy atom. The number of nitrogens with one attached hydrogen (secondary N) is 1. The second-order valence-electron chi connectivity index (χ2n) is 9.78. The fourth-order valence-corrected chi connectivity index (χ4v) is 5.94. The van der Waals surface area contributed by atoms with Crippen molar-refractivity contribution in [2.24, 2.45) is 5.41 Å². The third-order valence-electron chi connectivity index (χ3n) is 6.46. The average Bonchev–Trinajstić information content (AvgIpc) is 3.36. The van der Waals surface area contributed by atoms with Gasteiger partial charge in [-0.1, -0.05) is 35.6 Å². The Morgan fingerprint density at radius 1 is 1.26 bits per heavy atom. The van der Waals surface area contributed by atoms with Crippen LogP contribution in [0.2, 0.25) is 0 Å². The summed E-state index contributed by atoms with van der Waals surface area (Å²) in [5.41, 5.74) is 3.10. The Bertz CT molecular complexity index is 1120. The largest absolute Gasteiger partial charge is 0.444 e. The number of nitrogens with zero attached hydrogens (tertiary/aromatic N) is 4. The summed E-state index contributed by atoms with van der Waals surface area (Å²) in [6.07, 6.45) is 4.48. The van der Waals surface area contributed by atoms with Crippen LogP contribution >= 0.6 is 11.3 Å². The van der Waals surface area contributed by atoms with Gasteiger partial charge in [0.2, 0.25) is 10.1 Å². The van der Waals surface area contributed by atoms with Gasteiger partial charge in [0, 0.05) is 18.5 Å². The van der Waals surface area contributed by atoms with Gasteiger partial charge in [-0.05, 0) is 58.1 Å². The predicted octanol–water partition coefficient (Wildman–Crippen LogP) is 4.51. The lowest BCUT2D eigenvalue weighted by molar-refractivity contribution is 0.0428. The molecule has 1 aliphatic heterocycles. The summed E-state index contributed by atoms with van der Waals surface area (Å²) in [7, 11) is 0. The molecule has 0 radical (unpaired) electrons. The highest BCUT2D eigenvalue weighted by molar-refractivity contribution is 7.20. The van der Waals surface area contributed by atoms with Crippen LogP contribution in [-0.2, 0) is 11.2 Å². The number of ether oxygens (including phenoxy) is 1. The summed E-state index contributed by atoms with van der Waals surface area (Å²) in [5.74, 6) is 0. The smallest absolute Gasteiger partial charge is 0.408 e. The van der Waals surface area contributed by atoms with E-state index in [9.17, 15) is 4.79 Å². The number of aromatic nitrogens is 3. The van der Waals surface area contributed by atoms with E-state index >= 15 is 0 Å². The minimum absolute atomic E-state index is 0.00438. The van der Waals surface area contributed by atoms with Crippen molar-refractivity contribution in [1.29, 1.82) is 0 Å². The molecule has 3 aromatic rings. The van der Waals surface area contributed by atoms with Gasteiger partial charge in [-0.15, -0.1) is 5.10 Å². The number of imidazole rings is 1. The van der Waals surface area contributed by atoms with Gasteiger partial charge in [-0.3, -0.25) is 0 Å². The average molecular weight is 440 g/mol. The molecule has 1 spiro atoms. The van der Waals surface area contributed by atoms with E-state index in [0.717, 1.165) is 48.1 Å². The molecule has 5 rings (SSSR count). The van der Waals surface area contributed by atoms with E-state index in [2.05, 4.69) is 39.5 Å². The molecule has 1 amide bonds. The van der Waals surface area contributed by atoms with E-state index in [4.69, 9.17) is 9.84 Å². The Balaban J connectivity index is 1.37. The maximum atomic E-state index is 12.7. The van der Waals surface area contributed by atoms with Crippen LogP contribution in [0, 0.1) is 12.3 Å². The molecule has 164 valence electrons. The molecule has 1 fully saturated rings. The molecule has 2 aliphatic rings. The number of carbonyl (C=O) groups excluding carboxylic acids is 1. The molecule has 1 saturated heterocycles. The molecule has 8 heteroatoms. The van der Waals surface area contributed by atoms with Crippen molar-refractivity contribution < 1.29 is 9.53 Å². The summed E-state index contributed by atoms with van der Waals surface area (Å²) in [5, 5.41) is 9.01. The number of anilines is 1. The summed E-state index contributed by atoms with van der Waals surface area (Å²) in [6, 6.07) is 8.46. The number of hydrogen-bond acceptors (Lipinski definition) is 6. The molecule has 3 heterocycles. The first-order chi connectivity index (χ1) is 14.7. The number of hydrogen-bond donors (Lipinski definition) is 1. The maximum absolute atomic E-state index is 12.7. The van der Waals surface area contributed by atoms with Crippen LogP contribution in [-0.4, -0.2) is 39.4 Å². The number of carbonyl (C=O) groups is 1. The van der Waals surface area contributed by atoms with Gasteiger partial charge in [0.1, 0.15) is 5.60 Å². The van der Waals surface area contributed by atoms with Gasteiger partial charge in [-0.2, -0.15) is 0 Å². The van der Waals surface area contributed by atoms with Crippen molar-refractivity contribution in [3.05, 3.63) is 47.3 Å². The molecular weight excluding hydrogens is 410 g/mol. The predicted molar refractivity (Wildman–Crippen MR) is 122 cm³/mol. The standard InChI is InChI=1S/C23H29N5O2S/c1-15-14-24-19-28(15)26-20(31-19)27-11-9-23(10-12-27)13-16-7-5-6-8-17(16)18(23)25-21(29)30-22(2,3)4/h5-8,14,18H,9-13H2,1-4H3,(H,25,29)/t18-/m1/s1. The van der Waals surface area contributed by atoms with Crippen LogP contribution in [0.4, 0.5) is 9.93 Å². The minimum atomic E-state index is -0.515. The van der Waals surface area contributed by atoms with Gasteiger partial charge >= 0.3 is 6.09 Å². The fourth-order valence-electron chi connectivity index (χ4n) is 4.97. The quantitative estimate of drug-likeness (QED) is 0.636. The van der Waals surface area contributed by atoms with Gasteiger partial charge < -0.3 is 15.0 Å². The first kappa shape index (κ1) is 20.3. The SMILES string of the molecule is Cc1cnc2sc(N3CCC4(CC3)Cc3ccccc3[C@H]4NC(=O)OC(C)(C)C)nn12. The van der Waals surface area contributed by atoms with E-state index in [1.54, 1.807) is 11.3 Å². The van der Waals surface area contributed by atoms with Crippen LogP contribution in [0.5, 0.6) is 0 Å². The van der Waals surface area contributed by atoms with Crippen molar-refractivity contribution in [3.8, 4) is 0 Å². The second-order valence-corrected chi connectivity index (χ2v) is 10.7. The number of piperidine rings is 1. The summed E-state index contributed by atoms with van der Waals surface area (Å²) < 4.78 is 7.52. The number of amides is 1. The molecular formula is C23H29N5O2S. The Labute approximate surface area is 186 Å². The zero-order valence-corrected chi connectivity index (χ0v) is 19.3.